The van der Waals surface area contributed by atoms with E-state index in [9.17, 15) is 9.59 Å². The topological polar surface area (TPSA) is 74.8 Å². The van der Waals surface area contributed by atoms with Crippen molar-refractivity contribution in [3.8, 4) is 5.75 Å². The molecule has 1 aliphatic heterocycles. The number of hydrogen-bond donors (Lipinski definition) is 0. The first kappa shape index (κ1) is 31.0. The molecule has 1 aliphatic rings. The van der Waals surface area contributed by atoms with Gasteiger partial charge in [-0.15, -0.1) is 0 Å². The number of aromatic nitrogens is 2. The van der Waals surface area contributed by atoms with Crippen LogP contribution in [0.5, 0.6) is 5.75 Å². The number of methoxy groups -OCH3 is 1. The fourth-order valence-corrected chi connectivity index (χ4v) is 7.66. The van der Waals surface area contributed by atoms with Crippen molar-refractivity contribution >= 4 is 68.3 Å². The lowest BCUT2D eigenvalue weighted by atomic mass is 9.90. The number of hydrogen-bond acceptors (Lipinski definition) is 6. The predicted molar refractivity (Wildman–Crippen MR) is 188 cm³/mol. The van der Waals surface area contributed by atoms with E-state index >= 15 is 0 Å². The maximum Gasteiger partial charge on any atom is 0.338 e. The molecule has 10 heteroatoms. The molecule has 0 fully saturated rings. The summed E-state index contributed by atoms with van der Waals surface area (Å²) in [5, 5.41) is 3.82. The normalized spacial score (nSPS) is 14.8. The monoisotopic (exact) mass is 681 g/mol. The van der Waals surface area contributed by atoms with E-state index in [0.29, 0.717) is 48.5 Å². The highest BCUT2D eigenvalue weighted by Gasteiger charge is 2.36. The van der Waals surface area contributed by atoms with E-state index in [4.69, 9.17) is 37.7 Å². The van der Waals surface area contributed by atoms with Gasteiger partial charge in [-0.25, -0.2) is 9.79 Å². The smallest absolute Gasteiger partial charge is 0.338 e. The fraction of sp³-hybridized carbons (Fsp3) is 0.162. The Hall–Kier alpha value is -4.63. The Balaban J connectivity index is 1.44. The summed E-state index contributed by atoms with van der Waals surface area (Å²) in [6.45, 7) is 4.29. The van der Waals surface area contributed by atoms with Gasteiger partial charge in [-0.05, 0) is 60.5 Å². The summed E-state index contributed by atoms with van der Waals surface area (Å²) in [4.78, 5) is 33.3. The Morgan fingerprint density at radius 2 is 1.77 bits per heavy atom. The highest BCUT2D eigenvalue weighted by molar-refractivity contribution is 7.07. The van der Waals surface area contributed by atoms with Crippen LogP contribution in [0.1, 0.15) is 36.6 Å². The van der Waals surface area contributed by atoms with Gasteiger partial charge >= 0.3 is 5.97 Å². The molecule has 7 rings (SSSR count). The molecule has 236 valence electrons. The van der Waals surface area contributed by atoms with Crippen LogP contribution in [-0.2, 0) is 16.1 Å². The Morgan fingerprint density at radius 3 is 2.53 bits per heavy atom. The van der Waals surface area contributed by atoms with Gasteiger partial charge in [0.25, 0.3) is 5.56 Å². The van der Waals surface area contributed by atoms with Crippen LogP contribution in [-0.4, -0.2) is 28.8 Å². The van der Waals surface area contributed by atoms with Crippen molar-refractivity contribution in [3.05, 3.63) is 143 Å². The predicted octanol–water partition coefficient (Wildman–Crippen LogP) is 7.27. The van der Waals surface area contributed by atoms with E-state index in [0.717, 1.165) is 32.8 Å². The van der Waals surface area contributed by atoms with Crippen molar-refractivity contribution in [2.24, 2.45) is 4.99 Å². The van der Waals surface area contributed by atoms with Gasteiger partial charge < -0.3 is 14.0 Å². The quantitative estimate of drug-likeness (QED) is 0.166. The summed E-state index contributed by atoms with van der Waals surface area (Å²) >= 11 is 13.8. The second-order valence-corrected chi connectivity index (χ2v) is 13.0. The first-order valence-electron chi connectivity index (χ1n) is 15.1. The molecule has 47 heavy (non-hydrogen) atoms. The third kappa shape index (κ3) is 5.46. The van der Waals surface area contributed by atoms with Gasteiger partial charge in [0.1, 0.15) is 11.8 Å². The molecule has 0 amide bonds. The van der Waals surface area contributed by atoms with E-state index in [2.05, 4.69) is 4.57 Å². The molecule has 0 saturated carbocycles. The molecule has 0 saturated heterocycles. The average molecular weight is 683 g/mol. The Labute approximate surface area is 284 Å². The van der Waals surface area contributed by atoms with Crippen LogP contribution in [0, 0.1) is 0 Å². The van der Waals surface area contributed by atoms with Crippen LogP contribution in [0.15, 0.2) is 106 Å². The summed E-state index contributed by atoms with van der Waals surface area (Å²) in [5.74, 6) is 0.0403. The first-order valence-corrected chi connectivity index (χ1v) is 16.6. The van der Waals surface area contributed by atoms with E-state index in [1.165, 1.54) is 11.3 Å². The highest BCUT2D eigenvalue weighted by atomic mass is 35.5. The number of allylic oxidation sites excluding steroid dienone is 1. The lowest BCUT2D eigenvalue weighted by Crippen LogP contribution is -2.40. The summed E-state index contributed by atoms with van der Waals surface area (Å²) in [7, 11) is 1.59. The first-order chi connectivity index (χ1) is 22.8. The van der Waals surface area contributed by atoms with Crippen molar-refractivity contribution in [2.45, 2.75) is 26.4 Å². The molecule has 0 N–H and O–H groups in total. The zero-order valence-electron chi connectivity index (χ0n) is 25.8. The largest absolute Gasteiger partial charge is 0.496 e. The molecular formula is C37H29Cl2N3O4S. The standard InChI is InChI=1S/C37H29Cl2N3O4S/c1-4-46-36(44)32-21(2)40-37-42(34(32)33-26-11-6-5-9-23(26)14-16-30(33)45-3)35(43)31(47-37)18-24-20-41(29-12-8-7-10-25(24)29)19-22-13-15-27(38)28(39)17-22/h5-18,20,34H,4,19H2,1-3H3/b31-18+/t34-/m0/s1. The Kier molecular flexibility index (Phi) is 8.26. The molecule has 7 nitrogen and oxygen atoms in total. The number of ether oxygens (including phenoxy) is 2. The number of fused-ring (bicyclic) bond motifs is 3. The lowest BCUT2D eigenvalue weighted by Gasteiger charge is -2.27. The van der Waals surface area contributed by atoms with E-state index in [-0.39, 0.29) is 12.2 Å². The number of nitrogens with zero attached hydrogens (tertiary/aromatic N) is 3. The van der Waals surface area contributed by atoms with Gasteiger partial charge in [-0.3, -0.25) is 9.36 Å². The number of rotatable bonds is 7. The van der Waals surface area contributed by atoms with Crippen LogP contribution in [0.2, 0.25) is 10.0 Å². The maximum atomic E-state index is 14.5. The van der Waals surface area contributed by atoms with Crippen LogP contribution < -0.4 is 19.6 Å². The number of carbonyl (C=O) groups is 1. The molecule has 0 aliphatic carbocycles. The van der Waals surface area contributed by atoms with Gasteiger partial charge in [-0.1, -0.05) is 89.1 Å². The molecule has 6 aromatic rings. The number of para-hydroxylation sites is 1. The molecule has 1 atom stereocenters. The second-order valence-electron chi connectivity index (χ2n) is 11.2. The Morgan fingerprint density at radius 1 is 1.00 bits per heavy atom. The highest BCUT2D eigenvalue weighted by Crippen LogP contribution is 2.40. The van der Waals surface area contributed by atoms with E-state index < -0.39 is 12.0 Å². The van der Waals surface area contributed by atoms with Crippen LogP contribution in [0.25, 0.3) is 27.8 Å². The lowest BCUT2D eigenvalue weighted by molar-refractivity contribution is -0.139. The summed E-state index contributed by atoms with van der Waals surface area (Å²) in [5.41, 5.74) is 4.13. The minimum absolute atomic E-state index is 0.186. The molecule has 0 unspecified atom stereocenters. The van der Waals surface area contributed by atoms with Gasteiger partial charge in [0.2, 0.25) is 0 Å². The van der Waals surface area contributed by atoms with Crippen LogP contribution >= 0.6 is 34.5 Å². The Bertz CT molecular complexity index is 2440. The molecule has 0 bridgehead atoms. The number of esters is 1. The van der Waals surface area contributed by atoms with Crippen LogP contribution in [0.3, 0.4) is 0 Å². The van der Waals surface area contributed by atoms with E-state index in [1.807, 2.05) is 85.1 Å². The zero-order chi connectivity index (χ0) is 32.8. The molecule has 2 aromatic heterocycles. The number of halogens is 2. The second kappa shape index (κ2) is 12.5. The summed E-state index contributed by atoms with van der Waals surface area (Å²) in [6.07, 6.45) is 3.93. The molecule has 0 spiro atoms. The van der Waals surface area contributed by atoms with Crippen molar-refractivity contribution in [1.29, 1.82) is 0 Å². The third-order valence-electron chi connectivity index (χ3n) is 8.38. The van der Waals surface area contributed by atoms with Gasteiger partial charge in [0, 0.05) is 34.8 Å². The number of benzene rings is 4. The van der Waals surface area contributed by atoms with Crippen molar-refractivity contribution in [1.82, 2.24) is 9.13 Å². The molecule has 0 radical (unpaired) electrons. The fourth-order valence-electron chi connectivity index (χ4n) is 6.30. The van der Waals surface area contributed by atoms with Gasteiger partial charge in [-0.2, -0.15) is 0 Å². The van der Waals surface area contributed by atoms with Gasteiger partial charge in [0.05, 0.1) is 39.6 Å². The van der Waals surface area contributed by atoms with Crippen molar-refractivity contribution in [2.75, 3.05) is 13.7 Å². The average Bonchev–Trinajstić information content (AvgIpc) is 3.57. The maximum absolute atomic E-state index is 14.5. The minimum Gasteiger partial charge on any atom is -0.496 e. The number of thiazole rings is 1. The zero-order valence-corrected chi connectivity index (χ0v) is 28.1. The molecular weight excluding hydrogens is 653 g/mol. The molecule has 4 aromatic carbocycles. The molecule has 3 heterocycles. The number of carbonyl (C=O) groups excluding carboxylic acids is 1. The summed E-state index contributed by atoms with van der Waals surface area (Å²) in [6, 6.07) is 24.5. The third-order valence-corrected chi connectivity index (χ3v) is 10.1. The minimum atomic E-state index is -0.815. The van der Waals surface area contributed by atoms with Crippen molar-refractivity contribution < 1.29 is 14.3 Å². The van der Waals surface area contributed by atoms with Crippen LogP contribution in [0.4, 0.5) is 0 Å². The van der Waals surface area contributed by atoms with Gasteiger partial charge in [0.15, 0.2) is 4.80 Å². The van der Waals surface area contributed by atoms with Crippen molar-refractivity contribution in [3.63, 3.8) is 0 Å². The van der Waals surface area contributed by atoms with E-state index in [1.54, 1.807) is 31.6 Å². The summed E-state index contributed by atoms with van der Waals surface area (Å²) < 4.78 is 15.6. The SMILES string of the molecule is CCOC(=O)C1=C(C)N=c2s/c(=C/c3cn(Cc4ccc(Cl)c(Cl)c4)c4ccccc34)c(=O)n2[C@@H]1c1c(OC)ccc2ccccc12.